The first-order valence-electron chi connectivity index (χ1n) is 3.74. The lowest BCUT2D eigenvalue weighted by atomic mass is 10.7. The van der Waals surface area contributed by atoms with Gasteiger partial charge in [-0.1, -0.05) is 0 Å². The topological polar surface area (TPSA) is 52.0 Å². The third-order valence-electron chi connectivity index (χ3n) is 1.51. The Kier molecular flexibility index (Phi) is 4.83. The maximum atomic E-state index is 4.03. The predicted molar refractivity (Wildman–Crippen MR) is 52.6 cm³/mol. The zero-order valence-corrected chi connectivity index (χ0v) is 8.34. The third-order valence-corrected chi connectivity index (χ3v) is 1.51. The second-order valence-corrected chi connectivity index (χ2v) is 2.15. The van der Waals surface area contributed by atoms with Gasteiger partial charge in [-0.2, -0.15) is 0 Å². The summed E-state index contributed by atoms with van der Waals surface area (Å²) in [6.45, 7) is 0. The van der Waals surface area contributed by atoms with E-state index in [2.05, 4.69) is 20.6 Å². The average Bonchev–Trinajstić information content (AvgIpc) is 2.09. The van der Waals surface area contributed by atoms with Crippen molar-refractivity contribution in [1.82, 2.24) is 15.5 Å². The molecular formula is C7H17N5. The van der Waals surface area contributed by atoms with Crippen molar-refractivity contribution in [3.8, 4) is 0 Å². The van der Waals surface area contributed by atoms with Crippen LogP contribution in [0.1, 0.15) is 0 Å². The van der Waals surface area contributed by atoms with E-state index in [1.807, 2.05) is 26.0 Å². The molecule has 0 atom stereocenters. The molecule has 0 aromatic carbocycles. The van der Waals surface area contributed by atoms with Crippen LogP contribution in [0.4, 0.5) is 0 Å². The SMILES string of the molecule is C/N=C(\NC)N(C)/C(=N/C)NC. The van der Waals surface area contributed by atoms with Crippen molar-refractivity contribution in [3.05, 3.63) is 0 Å². The van der Waals surface area contributed by atoms with E-state index in [-0.39, 0.29) is 0 Å². The quantitative estimate of drug-likeness (QED) is 0.375. The highest BCUT2D eigenvalue weighted by atomic mass is 15.4. The highest BCUT2D eigenvalue weighted by molar-refractivity contribution is 5.98. The molecule has 2 N–H and O–H groups in total. The molecule has 0 aromatic rings. The molecule has 12 heavy (non-hydrogen) atoms. The summed E-state index contributed by atoms with van der Waals surface area (Å²) in [6.07, 6.45) is 0. The number of hydrogen-bond donors (Lipinski definition) is 2. The lowest BCUT2D eigenvalue weighted by molar-refractivity contribution is 0.679. The number of rotatable bonds is 0. The molecule has 0 aromatic heterocycles. The van der Waals surface area contributed by atoms with Crippen LogP contribution in [0.15, 0.2) is 9.98 Å². The van der Waals surface area contributed by atoms with Crippen LogP contribution in [-0.4, -0.2) is 52.1 Å². The third kappa shape index (κ3) is 2.41. The number of nitrogens with zero attached hydrogens (tertiary/aromatic N) is 3. The average molecular weight is 171 g/mol. The van der Waals surface area contributed by atoms with Crippen LogP contribution >= 0.6 is 0 Å². The molecule has 0 radical (unpaired) electrons. The van der Waals surface area contributed by atoms with Crippen LogP contribution in [0.3, 0.4) is 0 Å². The van der Waals surface area contributed by atoms with Gasteiger partial charge in [-0.25, -0.2) is 0 Å². The van der Waals surface area contributed by atoms with Crippen molar-refractivity contribution in [2.75, 3.05) is 35.2 Å². The van der Waals surface area contributed by atoms with Gasteiger partial charge in [0.2, 0.25) is 0 Å². The van der Waals surface area contributed by atoms with Gasteiger partial charge in [0.05, 0.1) is 0 Å². The Morgan fingerprint density at radius 2 is 1.33 bits per heavy atom. The molecule has 5 nitrogen and oxygen atoms in total. The number of aliphatic imine (C=N–C) groups is 2. The summed E-state index contributed by atoms with van der Waals surface area (Å²) in [7, 11) is 8.98. The second kappa shape index (κ2) is 5.40. The molecular weight excluding hydrogens is 154 g/mol. The fraction of sp³-hybridized carbons (Fsp3) is 0.714. The lowest BCUT2D eigenvalue weighted by Gasteiger charge is -2.21. The summed E-state index contributed by atoms with van der Waals surface area (Å²) >= 11 is 0. The molecule has 0 saturated heterocycles. The van der Waals surface area contributed by atoms with Crippen molar-refractivity contribution in [2.24, 2.45) is 9.98 Å². The maximum Gasteiger partial charge on any atom is 0.200 e. The molecule has 0 aliphatic rings. The molecule has 0 unspecified atom stereocenters. The molecule has 0 saturated carbocycles. The summed E-state index contributed by atoms with van der Waals surface area (Å²) in [6, 6.07) is 0. The van der Waals surface area contributed by atoms with Crippen molar-refractivity contribution in [1.29, 1.82) is 0 Å². The molecule has 0 aliphatic carbocycles. The Balaban J connectivity index is 4.45. The van der Waals surface area contributed by atoms with E-state index in [4.69, 9.17) is 0 Å². The van der Waals surface area contributed by atoms with Gasteiger partial charge in [0.15, 0.2) is 11.9 Å². The predicted octanol–water partition coefficient (Wildman–Crippen LogP) is -0.671. The van der Waals surface area contributed by atoms with Crippen LogP contribution in [-0.2, 0) is 0 Å². The molecule has 0 bridgehead atoms. The van der Waals surface area contributed by atoms with Crippen LogP contribution in [0, 0.1) is 0 Å². The fourth-order valence-corrected chi connectivity index (χ4v) is 0.959. The summed E-state index contributed by atoms with van der Waals surface area (Å²) in [5.74, 6) is 1.54. The van der Waals surface area contributed by atoms with Crippen LogP contribution in [0.25, 0.3) is 0 Å². The highest BCUT2D eigenvalue weighted by Gasteiger charge is 2.07. The summed E-state index contributed by atoms with van der Waals surface area (Å²) in [4.78, 5) is 9.90. The molecule has 0 heterocycles. The van der Waals surface area contributed by atoms with E-state index in [1.54, 1.807) is 14.1 Å². The molecule has 5 heteroatoms. The molecule has 0 amide bonds. The van der Waals surface area contributed by atoms with E-state index in [9.17, 15) is 0 Å². The minimum Gasteiger partial charge on any atom is -0.359 e. The van der Waals surface area contributed by atoms with Gasteiger partial charge in [-0.05, 0) is 0 Å². The molecule has 0 aliphatic heterocycles. The highest BCUT2D eigenvalue weighted by Crippen LogP contribution is 1.84. The van der Waals surface area contributed by atoms with E-state index in [0.717, 1.165) is 11.9 Å². The first kappa shape index (κ1) is 10.7. The maximum absolute atomic E-state index is 4.03. The van der Waals surface area contributed by atoms with Crippen molar-refractivity contribution in [2.45, 2.75) is 0 Å². The van der Waals surface area contributed by atoms with Crippen molar-refractivity contribution < 1.29 is 0 Å². The largest absolute Gasteiger partial charge is 0.359 e. The number of nitrogens with one attached hydrogen (secondary N) is 2. The Hall–Kier alpha value is -1.26. The minimum atomic E-state index is 0.768. The summed E-state index contributed by atoms with van der Waals surface area (Å²) < 4.78 is 0. The molecule has 0 spiro atoms. The Morgan fingerprint density at radius 1 is 1.00 bits per heavy atom. The van der Waals surface area contributed by atoms with Crippen molar-refractivity contribution in [3.63, 3.8) is 0 Å². The van der Waals surface area contributed by atoms with Gasteiger partial charge in [0.25, 0.3) is 0 Å². The molecule has 70 valence electrons. The standard InChI is InChI=1S/C7H17N5/c1-8-6(9-2)12(5)7(10-3)11-4/h1-5H3,(H,8,9)(H,10,11). The van der Waals surface area contributed by atoms with Gasteiger partial charge >= 0.3 is 0 Å². The first-order chi connectivity index (χ1) is 5.71. The zero-order chi connectivity index (χ0) is 9.56. The van der Waals surface area contributed by atoms with E-state index >= 15 is 0 Å². The summed E-state index contributed by atoms with van der Waals surface area (Å²) in [5.41, 5.74) is 0. The van der Waals surface area contributed by atoms with E-state index in [0.29, 0.717) is 0 Å². The van der Waals surface area contributed by atoms with Gasteiger partial charge in [0, 0.05) is 35.2 Å². The first-order valence-corrected chi connectivity index (χ1v) is 3.74. The second-order valence-electron chi connectivity index (χ2n) is 2.15. The lowest BCUT2D eigenvalue weighted by Crippen LogP contribution is -2.45. The van der Waals surface area contributed by atoms with Crippen LogP contribution < -0.4 is 10.6 Å². The minimum absolute atomic E-state index is 0.768. The number of guanidine groups is 2. The fourth-order valence-electron chi connectivity index (χ4n) is 0.959. The zero-order valence-electron chi connectivity index (χ0n) is 8.34. The van der Waals surface area contributed by atoms with Crippen LogP contribution in [0.2, 0.25) is 0 Å². The number of hydrogen-bond acceptors (Lipinski definition) is 2. The van der Waals surface area contributed by atoms with E-state index < -0.39 is 0 Å². The van der Waals surface area contributed by atoms with E-state index in [1.165, 1.54) is 0 Å². The van der Waals surface area contributed by atoms with Crippen LogP contribution in [0.5, 0.6) is 0 Å². The van der Waals surface area contributed by atoms with Gasteiger partial charge in [-0.15, -0.1) is 0 Å². The smallest absolute Gasteiger partial charge is 0.200 e. The van der Waals surface area contributed by atoms with Gasteiger partial charge < -0.3 is 10.6 Å². The van der Waals surface area contributed by atoms with Crippen molar-refractivity contribution >= 4 is 11.9 Å². The molecule has 0 fully saturated rings. The Bertz CT molecular complexity index is 164. The Labute approximate surface area is 73.6 Å². The monoisotopic (exact) mass is 171 g/mol. The summed E-state index contributed by atoms with van der Waals surface area (Å²) in [5, 5.41) is 5.91. The normalized spacial score (nSPS) is 12.8. The molecule has 0 rings (SSSR count). The van der Waals surface area contributed by atoms with Gasteiger partial charge in [-0.3, -0.25) is 14.9 Å². The Morgan fingerprint density at radius 3 is 1.50 bits per heavy atom. The van der Waals surface area contributed by atoms with Gasteiger partial charge in [0.1, 0.15) is 0 Å².